The maximum atomic E-state index is 3.81. The van der Waals surface area contributed by atoms with E-state index in [1.54, 1.807) is 0 Å². The Labute approximate surface area is 116 Å². The van der Waals surface area contributed by atoms with Crippen LogP contribution in [0.1, 0.15) is 44.4 Å². The van der Waals surface area contributed by atoms with Crippen molar-refractivity contribution in [2.24, 2.45) is 5.41 Å². The topological polar surface area (TPSA) is 12.0 Å². The molecule has 2 atom stereocenters. The molecule has 2 rings (SSSR count). The summed E-state index contributed by atoms with van der Waals surface area (Å²) in [6.07, 6.45) is 1.29. The molecule has 1 heterocycles. The Bertz CT molecular complexity index is 400. The van der Waals surface area contributed by atoms with Gasteiger partial charge in [0.1, 0.15) is 0 Å². The van der Waals surface area contributed by atoms with Crippen molar-refractivity contribution in [2.75, 3.05) is 11.5 Å². The van der Waals surface area contributed by atoms with Gasteiger partial charge >= 0.3 is 0 Å². The van der Waals surface area contributed by atoms with Crippen molar-refractivity contribution in [2.45, 2.75) is 46.2 Å². The first kappa shape index (κ1) is 14.0. The van der Waals surface area contributed by atoms with Crippen LogP contribution in [0.3, 0.4) is 0 Å². The lowest BCUT2D eigenvalue weighted by molar-refractivity contribution is 0.305. The van der Waals surface area contributed by atoms with Crippen LogP contribution in [-0.4, -0.2) is 17.5 Å². The highest BCUT2D eigenvalue weighted by atomic mass is 32.2. The first-order chi connectivity index (χ1) is 8.48. The number of nitrogens with one attached hydrogen (secondary N) is 1. The molecule has 18 heavy (non-hydrogen) atoms. The van der Waals surface area contributed by atoms with Crippen molar-refractivity contribution in [1.29, 1.82) is 0 Å². The van der Waals surface area contributed by atoms with Crippen molar-refractivity contribution in [1.82, 2.24) is 5.32 Å². The van der Waals surface area contributed by atoms with Gasteiger partial charge in [-0.05, 0) is 42.6 Å². The first-order valence-corrected chi connectivity index (χ1v) is 8.03. The number of hydrogen-bond donors (Lipinski definition) is 1. The maximum absolute atomic E-state index is 3.81. The summed E-state index contributed by atoms with van der Waals surface area (Å²) in [5.41, 5.74) is 3.30. The Morgan fingerprint density at radius 1 is 1.33 bits per heavy atom. The lowest BCUT2D eigenvalue weighted by Crippen LogP contribution is -2.41. The molecular formula is C16H25NS. The Hall–Kier alpha value is -0.470. The SMILES string of the molecule is Cc1ccccc1[C@H](C)NC1CSCC(C)(C)C1. The van der Waals surface area contributed by atoms with Crippen LogP contribution in [0.2, 0.25) is 0 Å². The summed E-state index contributed by atoms with van der Waals surface area (Å²) in [4.78, 5) is 0. The zero-order valence-electron chi connectivity index (χ0n) is 12.0. The lowest BCUT2D eigenvalue weighted by atomic mass is 9.87. The van der Waals surface area contributed by atoms with Gasteiger partial charge in [0.25, 0.3) is 0 Å². The minimum absolute atomic E-state index is 0.450. The van der Waals surface area contributed by atoms with Crippen LogP contribution < -0.4 is 5.32 Å². The van der Waals surface area contributed by atoms with Gasteiger partial charge in [-0.25, -0.2) is 0 Å². The van der Waals surface area contributed by atoms with Gasteiger partial charge < -0.3 is 5.32 Å². The summed E-state index contributed by atoms with van der Waals surface area (Å²) in [7, 11) is 0. The summed E-state index contributed by atoms with van der Waals surface area (Å²) in [6.45, 7) is 9.25. The predicted octanol–water partition coefficient (Wildman–Crippen LogP) is 4.18. The molecule has 2 heteroatoms. The van der Waals surface area contributed by atoms with Gasteiger partial charge in [0, 0.05) is 17.8 Å². The molecule has 0 aliphatic carbocycles. The van der Waals surface area contributed by atoms with Crippen LogP contribution >= 0.6 is 11.8 Å². The number of aryl methyl sites for hydroxylation is 1. The third kappa shape index (κ3) is 3.52. The van der Waals surface area contributed by atoms with Crippen LogP contribution in [0, 0.1) is 12.3 Å². The molecule has 0 bridgehead atoms. The molecular weight excluding hydrogens is 238 g/mol. The smallest absolute Gasteiger partial charge is 0.0297 e. The fraction of sp³-hybridized carbons (Fsp3) is 0.625. The predicted molar refractivity (Wildman–Crippen MR) is 82.2 cm³/mol. The number of thioether (sulfide) groups is 1. The molecule has 1 fully saturated rings. The van der Waals surface area contributed by atoms with E-state index in [-0.39, 0.29) is 0 Å². The largest absolute Gasteiger partial charge is 0.307 e. The van der Waals surface area contributed by atoms with Crippen LogP contribution in [-0.2, 0) is 0 Å². The minimum atomic E-state index is 0.450. The molecule has 0 saturated carbocycles. The first-order valence-electron chi connectivity index (χ1n) is 6.87. The summed E-state index contributed by atoms with van der Waals surface area (Å²) in [5, 5.41) is 3.81. The summed E-state index contributed by atoms with van der Waals surface area (Å²) in [6, 6.07) is 9.80. The molecule has 1 aliphatic rings. The van der Waals surface area contributed by atoms with Crippen LogP contribution in [0.5, 0.6) is 0 Å². The van der Waals surface area contributed by atoms with Gasteiger partial charge in [-0.3, -0.25) is 0 Å². The van der Waals surface area contributed by atoms with Gasteiger partial charge in [0.15, 0.2) is 0 Å². The van der Waals surface area contributed by atoms with Gasteiger partial charge in [-0.1, -0.05) is 38.1 Å². The second-order valence-corrected chi connectivity index (χ2v) is 7.36. The molecule has 1 aromatic carbocycles. The molecule has 1 saturated heterocycles. The van der Waals surface area contributed by atoms with Crippen molar-refractivity contribution < 1.29 is 0 Å². The molecule has 0 aromatic heterocycles. The van der Waals surface area contributed by atoms with Crippen LogP contribution in [0.4, 0.5) is 0 Å². The van der Waals surface area contributed by atoms with Gasteiger partial charge in [0.05, 0.1) is 0 Å². The van der Waals surface area contributed by atoms with Crippen molar-refractivity contribution in [3.05, 3.63) is 35.4 Å². The quantitative estimate of drug-likeness (QED) is 0.878. The Balaban J connectivity index is 1.99. The maximum Gasteiger partial charge on any atom is 0.0297 e. The second-order valence-electron chi connectivity index (χ2n) is 6.33. The summed E-state index contributed by atoms with van der Waals surface area (Å²) in [5.74, 6) is 2.55. The molecule has 1 N–H and O–H groups in total. The van der Waals surface area contributed by atoms with Gasteiger partial charge in [0.2, 0.25) is 0 Å². The third-order valence-corrected chi connectivity index (χ3v) is 5.38. The van der Waals surface area contributed by atoms with E-state index in [0.29, 0.717) is 17.5 Å². The van der Waals surface area contributed by atoms with E-state index in [1.807, 2.05) is 0 Å². The zero-order chi connectivity index (χ0) is 13.2. The number of benzene rings is 1. The highest BCUT2D eigenvalue weighted by molar-refractivity contribution is 7.99. The molecule has 1 aliphatic heterocycles. The highest BCUT2D eigenvalue weighted by Gasteiger charge is 2.29. The van der Waals surface area contributed by atoms with E-state index < -0.39 is 0 Å². The zero-order valence-corrected chi connectivity index (χ0v) is 12.8. The molecule has 1 unspecified atom stereocenters. The Kier molecular flexibility index (Phi) is 4.39. The molecule has 0 spiro atoms. The fourth-order valence-corrected chi connectivity index (χ4v) is 4.17. The van der Waals surface area contributed by atoms with Crippen LogP contribution in [0.15, 0.2) is 24.3 Å². The summed E-state index contributed by atoms with van der Waals surface area (Å²) >= 11 is 2.09. The molecule has 1 aromatic rings. The standard InChI is InChI=1S/C16H25NS/c1-12-7-5-6-8-15(12)13(2)17-14-9-16(3,4)11-18-10-14/h5-8,13-14,17H,9-11H2,1-4H3/t13-,14?/m0/s1. The average molecular weight is 263 g/mol. The lowest BCUT2D eigenvalue weighted by Gasteiger charge is -2.36. The Morgan fingerprint density at radius 3 is 2.72 bits per heavy atom. The van der Waals surface area contributed by atoms with Crippen molar-refractivity contribution >= 4 is 11.8 Å². The Morgan fingerprint density at radius 2 is 2.06 bits per heavy atom. The van der Waals surface area contributed by atoms with Gasteiger partial charge in [-0.2, -0.15) is 11.8 Å². The minimum Gasteiger partial charge on any atom is -0.307 e. The van der Waals surface area contributed by atoms with Gasteiger partial charge in [-0.15, -0.1) is 0 Å². The van der Waals surface area contributed by atoms with E-state index >= 15 is 0 Å². The number of rotatable bonds is 3. The van der Waals surface area contributed by atoms with E-state index in [0.717, 1.165) is 0 Å². The van der Waals surface area contributed by atoms with E-state index in [4.69, 9.17) is 0 Å². The molecule has 0 radical (unpaired) electrons. The summed E-state index contributed by atoms with van der Waals surface area (Å²) < 4.78 is 0. The molecule has 0 amide bonds. The van der Waals surface area contributed by atoms with E-state index in [9.17, 15) is 0 Å². The van der Waals surface area contributed by atoms with Crippen molar-refractivity contribution in [3.8, 4) is 0 Å². The third-order valence-electron chi connectivity index (χ3n) is 3.75. The van der Waals surface area contributed by atoms with E-state index in [1.165, 1.54) is 29.1 Å². The van der Waals surface area contributed by atoms with Crippen LogP contribution in [0.25, 0.3) is 0 Å². The second kappa shape index (κ2) is 5.66. The molecule has 1 nitrogen and oxygen atoms in total. The van der Waals surface area contributed by atoms with Crippen molar-refractivity contribution in [3.63, 3.8) is 0 Å². The monoisotopic (exact) mass is 263 g/mol. The normalized spacial score (nSPS) is 24.8. The highest BCUT2D eigenvalue weighted by Crippen LogP contribution is 2.34. The number of hydrogen-bond acceptors (Lipinski definition) is 2. The average Bonchev–Trinajstić information content (AvgIpc) is 2.28. The fourth-order valence-electron chi connectivity index (χ4n) is 2.89. The molecule has 100 valence electrons. The van der Waals surface area contributed by atoms with E-state index in [2.05, 4.69) is 69.0 Å².